The van der Waals surface area contributed by atoms with Crippen molar-refractivity contribution >= 4 is 6.03 Å². The summed E-state index contributed by atoms with van der Waals surface area (Å²) in [7, 11) is 0. The molecule has 2 amide bonds. The van der Waals surface area contributed by atoms with Crippen molar-refractivity contribution in [3.05, 3.63) is 35.4 Å². The Labute approximate surface area is 140 Å². The molecule has 8 heteroatoms. The Morgan fingerprint density at radius 1 is 1.46 bits per heavy atom. The number of nitrogens with zero attached hydrogens (tertiary/aromatic N) is 3. The standard InChI is InChI=1S/C16H22N4O4/c1-4-12(15-17-11(3)24-19-15)18-16(21)20-7-8-22-14(9-20)13-6-5-10(2)23-13/h5-6,12,14H,4,7-9H2,1-3H3,(H,18,21)/t12-,14+/m1/s1. The van der Waals surface area contributed by atoms with Gasteiger partial charge in [-0.2, -0.15) is 4.98 Å². The first kappa shape index (κ1) is 16.5. The van der Waals surface area contributed by atoms with Gasteiger partial charge in [0.15, 0.2) is 5.82 Å². The Hall–Kier alpha value is -2.35. The average molecular weight is 334 g/mol. The lowest BCUT2D eigenvalue weighted by atomic mass is 10.2. The van der Waals surface area contributed by atoms with E-state index in [1.165, 1.54) is 0 Å². The number of morpholine rings is 1. The van der Waals surface area contributed by atoms with Crippen LogP contribution in [0.2, 0.25) is 0 Å². The van der Waals surface area contributed by atoms with Crippen molar-refractivity contribution < 1.29 is 18.5 Å². The van der Waals surface area contributed by atoms with Gasteiger partial charge in [-0.3, -0.25) is 0 Å². The van der Waals surface area contributed by atoms with Crippen LogP contribution in [0.5, 0.6) is 0 Å². The summed E-state index contributed by atoms with van der Waals surface area (Å²) in [6, 6.07) is 3.34. The smallest absolute Gasteiger partial charge is 0.318 e. The highest BCUT2D eigenvalue weighted by Crippen LogP contribution is 2.24. The molecule has 3 heterocycles. The van der Waals surface area contributed by atoms with E-state index in [1.54, 1.807) is 11.8 Å². The largest absolute Gasteiger partial charge is 0.464 e. The van der Waals surface area contributed by atoms with E-state index in [0.717, 1.165) is 11.5 Å². The van der Waals surface area contributed by atoms with E-state index in [0.29, 0.717) is 37.8 Å². The lowest BCUT2D eigenvalue weighted by Gasteiger charge is -2.32. The summed E-state index contributed by atoms with van der Waals surface area (Å²) in [6.07, 6.45) is 0.432. The molecule has 1 aliphatic heterocycles. The summed E-state index contributed by atoms with van der Waals surface area (Å²) < 4.78 is 16.3. The molecule has 0 bridgehead atoms. The minimum Gasteiger partial charge on any atom is -0.464 e. The van der Waals surface area contributed by atoms with Gasteiger partial charge in [0.05, 0.1) is 19.2 Å². The van der Waals surface area contributed by atoms with E-state index in [9.17, 15) is 4.79 Å². The maximum atomic E-state index is 12.6. The summed E-state index contributed by atoms with van der Waals surface area (Å²) in [6.45, 7) is 7.02. The second-order valence-electron chi connectivity index (χ2n) is 5.84. The van der Waals surface area contributed by atoms with E-state index in [1.807, 2.05) is 26.0 Å². The summed E-state index contributed by atoms with van der Waals surface area (Å²) >= 11 is 0. The van der Waals surface area contributed by atoms with E-state index in [-0.39, 0.29) is 18.2 Å². The summed E-state index contributed by atoms with van der Waals surface area (Å²) in [5.41, 5.74) is 0. The number of rotatable bonds is 4. The van der Waals surface area contributed by atoms with Crippen LogP contribution in [0.3, 0.4) is 0 Å². The lowest BCUT2D eigenvalue weighted by molar-refractivity contribution is -0.0267. The van der Waals surface area contributed by atoms with Crippen molar-refractivity contribution in [3.63, 3.8) is 0 Å². The van der Waals surface area contributed by atoms with E-state index < -0.39 is 0 Å². The molecule has 2 aromatic heterocycles. The van der Waals surface area contributed by atoms with Crippen LogP contribution in [0.25, 0.3) is 0 Å². The van der Waals surface area contributed by atoms with Gasteiger partial charge in [0, 0.05) is 13.5 Å². The summed E-state index contributed by atoms with van der Waals surface area (Å²) in [4.78, 5) is 18.5. The number of hydrogen-bond donors (Lipinski definition) is 1. The number of carbonyl (C=O) groups excluding carboxylic acids is 1. The number of urea groups is 1. The van der Waals surface area contributed by atoms with Crippen molar-refractivity contribution in [1.82, 2.24) is 20.4 Å². The van der Waals surface area contributed by atoms with Gasteiger partial charge < -0.3 is 23.9 Å². The van der Waals surface area contributed by atoms with Gasteiger partial charge in [0.2, 0.25) is 5.89 Å². The third kappa shape index (κ3) is 3.59. The molecule has 1 fully saturated rings. The summed E-state index contributed by atoms with van der Waals surface area (Å²) in [5.74, 6) is 2.55. The fourth-order valence-electron chi connectivity index (χ4n) is 2.68. The molecular formula is C16H22N4O4. The van der Waals surface area contributed by atoms with Gasteiger partial charge in [-0.25, -0.2) is 4.79 Å². The zero-order valence-electron chi connectivity index (χ0n) is 14.1. The number of amides is 2. The van der Waals surface area contributed by atoms with Gasteiger partial charge in [0.1, 0.15) is 17.6 Å². The molecule has 1 aliphatic rings. The molecule has 1 saturated heterocycles. The Balaban J connectivity index is 1.63. The Kier molecular flexibility index (Phi) is 4.84. The second kappa shape index (κ2) is 7.04. The molecule has 24 heavy (non-hydrogen) atoms. The lowest BCUT2D eigenvalue weighted by Crippen LogP contribution is -2.48. The fraction of sp³-hybridized carbons (Fsp3) is 0.562. The Morgan fingerprint density at radius 3 is 2.92 bits per heavy atom. The quantitative estimate of drug-likeness (QED) is 0.923. The van der Waals surface area contributed by atoms with Gasteiger partial charge >= 0.3 is 6.03 Å². The SMILES string of the molecule is CC[C@@H](NC(=O)N1CCO[C@H](c2ccc(C)o2)C1)c1noc(C)n1. The predicted octanol–water partition coefficient (Wildman–Crippen LogP) is 2.51. The number of furan rings is 1. The molecule has 0 saturated carbocycles. The molecule has 2 aromatic rings. The number of nitrogens with one attached hydrogen (secondary N) is 1. The van der Waals surface area contributed by atoms with Crippen LogP contribution in [-0.4, -0.2) is 40.8 Å². The van der Waals surface area contributed by atoms with Crippen LogP contribution in [0.1, 0.15) is 48.7 Å². The van der Waals surface area contributed by atoms with E-state index in [2.05, 4.69) is 15.5 Å². The molecule has 1 N–H and O–H groups in total. The van der Waals surface area contributed by atoms with Crippen molar-refractivity contribution in [2.24, 2.45) is 0 Å². The van der Waals surface area contributed by atoms with Crippen LogP contribution in [-0.2, 0) is 4.74 Å². The topological polar surface area (TPSA) is 93.6 Å². The minimum absolute atomic E-state index is 0.166. The predicted molar refractivity (Wildman–Crippen MR) is 84.3 cm³/mol. The minimum atomic E-state index is -0.276. The maximum Gasteiger partial charge on any atom is 0.318 e. The van der Waals surface area contributed by atoms with Crippen LogP contribution >= 0.6 is 0 Å². The van der Waals surface area contributed by atoms with Gasteiger partial charge in [-0.15, -0.1) is 0 Å². The second-order valence-corrected chi connectivity index (χ2v) is 5.84. The highest BCUT2D eigenvalue weighted by Gasteiger charge is 2.29. The molecule has 0 radical (unpaired) electrons. The third-order valence-corrected chi connectivity index (χ3v) is 3.99. The highest BCUT2D eigenvalue weighted by molar-refractivity contribution is 5.74. The van der Waals surface area contributed by atoms with Crippen LogP contribution < -0.4 is 5.32 Å². The Bertz CT molecular complexity index is 696. The van der Waals surface area contributed by atoms with Crippen molar-refractivity contribution in [2.45, 2.75) is 39.3 Å². The molecule has 0 unspecified atom stereocenters. The average Bonchev–Trinajstić information content (AvgIpc) is 3.21. The normalized spacial score (nSPS) is 19.3. The van der Waals surface area contributed by atoms with Gasteiger partial charge in [-0.05, 0) is 25.5 Å². The van der Waals surface area contributed by atoms with E-state index >= 15 is 0 Å². The number of carbonyl (C=O) groups is 1. The van der Waals surface area contributed by atoms with Crippen molar-refractivity contribution in [3.8, 4) is 0 Å². The highest BCUT2D eigenvalue weighted by atomic mass is 16.5. The first-order valence-corrected chi connectivity index (χ1v) is 8.10. The monoisotopic (exact) mass is 334 g/mol. The number of aromatic nitrogens is 2. The first-order valence-electron chi connectivity index (χ1n) is 8.10. The van der Waals surface area contributed by atoms with E-state index in [4.69, 9.17) is 13.7 Å². The zero-order chi connectivity index (χ0) is 17.1. The van der Waals surface area contributed by atoms with Gasteiger partial charge in [0.25, 0.3) is 0 Å². The molecule has 8 nitrogen and oxygen atoms in total. The molecule has 0 aromatic carbocycles. The zero-order valence-corrected chi connectivity index (χ0v) is 14.1. The molecule has 3 rings (SSSR count). The number of hydrogen-bond acceptors (Lipinski definition) is 6. The van der Waals surface area contributed by atoms with Crippen LogP contribution in [0.4, 0.5) is 4.79 Å². The van der Waals surface area contributed by atoms with Crippen LogP contribution in [0, 0.1) is 13.8 Å². The fourth-order valence-corrected chi connectivity index (χ4v) is 2.68. The molecule has 0 spiro atoms. The maximum absolute atomic E-state index is 12.6. The third-order valence-electron chi connectivity index (χ3n) is 3.99. The number of aryl methyl sites for hydroxylation is 2. The van der Waals surface area contributed by atoms with Crippen molar-refractivity contribution in [1.29, 1.82) is 0 Å². The molecular weight excluding hydrogens is 312 g/mol. The Morgan fingerprint density at radius 2 is 2.29 bits per heavy atom. The number of ether oxygens (including phenoxy) is 1. The van der Waals surface area contributed by atoms with Crippen molar-refractivity contribution in [2.75, 3.05) is 19.7 Å². The molecule has 2 atom stereocenters. The molecule has 0 aliphatic carbocycles. The first-order chi connectivity index (χ1) is 11.6. The molecule has 130 valence electrons. The summed E-state index contributed by atoms with van der Waals surface area (Å²) in [5, 5.41) is 6.85. The van der Waals surface area contributed by atoms with Gasteiger partial charge in [-0.1, -0.05) is 12.1 Å². The van der Waals surface area contributed by atoms with Crippen LogP contribution in [0.15, 0.2) is 21.1 Å².